The van der Waals surface area contributed by atoms with E-state index in [4.69, 9.17) is 0 Å². The summed E-state index contributed by atoms with van der Waals surface area (Å²) >= 11 is 0. The van der Waals surface area contributed by atoms with Crippen LogP contribution in [0.25, 0.3) is 0 Å². The van der Waals surface area contributed by atoms with E-state index in [1.165, 1.54) is 6.42 Å². The third-order valence-electron chi connectivity index (χ3n) is 4.24. The number of nitrogens with one attached hydrogen (secondary N) is 1. The van der Waals surface area contributed by atoms with Crippen molar-refractivity contribution < 1.29 is 14.7 Å². The van der Waals surface area contributed by atoms with Crippen molar-refractivity contribution in [2.45, 2.75) is 19.3 Å². The Morgan fingerprint density at radius 3 is 2.33 bits per heavy atom. The number of hydrogen-bond acceptors (Lipinski definition) is 3. The van der Waals surface area contributed by atoms with Crippen molar-refractivity contribution in [3.8, 4) is 0 Å². The van der Waals surface area contributed by atoms with Gasteiger partial charge in [0.1, 0.15) is 0 Å². The molecule has 0 atom stereocenters. The van der Waals surface area contributed by atoms with E-state index in [-0.39, 0.29) is 11.5 Å². The van der Waals surface area contributed by atoms with Crippen LogP contribution in [0.15, 0.2) is 48.5 Å². The minimum absolute atomic E-state index is 0.113. The molecule has 2 N–H and O–H groups in total. The molecule has 3 rings (SSSR count). The molecular formula is C19H20N2O3. The van der Waals surface area contributed by atoms with E-state index < -0.39 is 5.97 Å². The Morgan fingerprint density at radius 1 is 0.958 bits per heavy atom. The molecule has 1 aliphatic heterocycles. The van der Waals surface area contributed by atoms with Crippen LogP contribution in [0.4, 0.5) is 11.4 Å². The molecule has 124 valence electrons. The van der Waals surface area contributed by atoms with Crippen molar-refractivity contribution >= 4 is 23.3 Å². The SMILES string of the molecule is O=C(Nc1ccc(N2CCCCC2)cc1C(=O)O)c1ccccc1. The summed E-state index contributed by atoms with van der Waals surface area (Å²) in [6, 6.07) is 13.9. The van der Waals surface area contributed by atoms with Crippen LogP contribution in [0.1, 0.15) is 40.0 Å². The summed E-state index contributed by atoms with van der Waals surface area (Å²) in [4.78, 5) is 26.1. The molecule has 1 heterocycles. The average Bonchev–Trinajstić information content (AvgIpc) is 2.63. The van der Waals surface area contributed by atoms with Gasteiger partial charge in [0.05, 0.1) is 11.3 Å². The first-order valence-electron chi connectivity index (χ1n) is 8.14. The van der Waals surface area contributed by atoms with E-state index in [2.05, 4.69) is 10.2 Å². The Morgan fingerprint density at radius 2 is 1.67 bits per heavy atom. The number of carbonyl (C=O) groups excluding carboxylic acids is 1. The molecule has 1 fully saturated rings. The van der Waals surface area contributed by atoms with Crippen molar-refractivity contribution in [3.05, 3.63) is 59.7 Å². The summed E-state index contributed by atoms with van der Waals surface area (Å²) in [6.07, 6.45) is 3.46. The third-order valence-corrected chi connectivity index (χ3v) is 4.24. The van der Waals surface area contributed by atoms with Gasteiger partial charge in [-0.2, -0.15) is 0 Å². The molecule has 0 radical (unpaired) electrons. The van der Waals surface area contributed by atoms with Crippen LogP contribution in [-0.2, 0) is 0 Å². The van der Waals surface area contributed by atoms with Crippen LogP contribution in [0.3, 0.4) is 0 Å². The van der Waals surface area contributed by atoms with Gasteiger partial charge in [-0.05, 0) is 49.6 Å². The first-order chi connectivity index (χ1) is 11.6. The van der Waals surface area contributed by atoms with Crippen LogP contribution in [0.5, 0.6) is 0 Å². The zero-order valence-electron chi connectivity index (χ0n) is 13.4. The predicted molar refractivity (Wildman–Crippen MR) is 93.9 cm³/mol. The van der Waals surface area contributed by atoms with Gasteiger partial charge in [0.2, 0.25) is 0 Å². The highest BCUT2D eigenvalue weighted by molar-refractivity contribution is 6.08. The van der Waals surface area contributed by atoms with Gasteiger partial charge < -0.3 is 15.3 Å². The third kappa shape index (κ3) is 3.56. The lowest BCUT2D eigenvalue weighted by molar-refractivity contribution is 0.0698. The van der Waals surface area contributed by atoms with Crippen molar-refractivity contribution in [3.63, 3.8) is 0 Å². The summed E-state index contributed by atoms with van der Waals surface area (Å²) in [6.45, 7) is 1.88. The van der Waals surface area contributed by atoms with Gasteiger partial charge in [-0.15, -0.1) is 0 Å². The summed E-state index contributed by atoms with van der Waals surface area (Å²) < 4.78 is 0. The standard InChI is InChI=1S/C19H20N2O3/c22-18(14-7-3-1-4-8-14)20-17-10-9-15(13-16(17)19(23)24)21-11-5-2-6-12-21/h1,3-4,7-10,13H,2,5-6,11-12H2,(H,20,22)(H,23,24). The first-order valence-corrected chi connectivity index (χ1v) is 8.14. The molecule has 0 unspecified atom stereocenters. The van der Waals surface area contributed by atoms with Gasteiger partial charge in [0.15, 0.2) is 0 Å². The number of benzene rings is 2. The molecule has 0 aromatic heterocycles. The largest absolute Gasteiger partial charge is 0.478 e. The highest BCUT2D eigenvalue weighted by atomic mass is 16.4. The topological polar surface area (TPSA) is 69.6 Å². The van der Waals surface area contributed by atoms with Crippen molar-refractivity contribution in [1.29, 1.82) is 0 Å². The van der Waals surface area contributed by atoms with Crippen LogP contribution in [0.2, 0.25) is 0 Å². The van der Waals surface area contributed by atoms with Gasteiger partial charge in [0.25, 0.3) is 5.91 Å². The van der Waals surface area contributed by atoms with Gasteiger partial charge >= 0.3 is 5.97 Å². The second kappa shape index (κ2) is 7.17. The summed E-state index contributed by atoms with van der Waals surface area (Å²) in [7, 11) is 0. The summed E-state index contributed by atoms with van der Waals surface area (Å²) in [5.41, 5.74) is 1.82. The minimum atomic E-state index is -1.04. The maximum atomic E-state index is 12.3. The molecule has 0 bridgehead atoms. The summed E-state index contributed by atoms with van der Waals surface area (Å²) in [5.74, 6) is -1.36. The van der Waals surface area contributed by atoms with Gasteiger partial charge in [-0.25, -0.2) is 4.79 Å². The molecule has 0 aliphatic carbocycles. The van der Waals surface area contributed by atoms with E-state index in [9.17, 15) is 14.7 Å². The molecule has 0 saturated carbocycles. The Balaban J connectivity index is 1.85. The molecule has 2 aromatic carbocycles. The Kier molecular flexibility index (Phi) is 4.79. The number of anilines is 2. The molecule has 1 saturated heterocycles. The van der Waals surface area contributed by atoms with Gasteiger partial charge in [-0.3, -0.25) is 4.79 Å². The summed E-state index contributed by atoms with van der Waals surface area (Å²) in [5, 5.41) is 12.2. The molecule has 5 nitrogen and oxygen atoms in total. The van der Waals surface area contributed by atoms with E-state index in [1.807, 2.05) is 12.1 Å². The number of rotatable bonds is 4. The number of carboxylic acid groups (broad SMARTS) is 1. The Labute approximate surface area is 140 Å². The first kappa shape index (κ1) is 16.1. The quantitative estimate of drug-likeness (QED) is 0.901. The molecular weight excluding hydrogens is 304 g/mol. The molecule has 0 spiro atoms. The Hall–Kier alpha value is -2.82. The lowest BCUT2D eigenvalue weighted by Gasteiger charge is -2.29. The average molecular weight is 324 g/mol. The fourth-order valence-electron chi connectivity index (χ4n) is 2.95. The Bertz CT molecular complexity index is 738. The highest BCUT2D eigenvalue weighted by Crippen LogP contribution is 2.26. The number of aromatic carboxylic acids is 1. The highest BCUT2D eigenvalue weighted by Gasteiger charge is 2.17. The number of carbonyl (C=O) groups is 2. The second-order valence-electron chi connectivity index (χ2n) is 5.90. The zero-order valence-corrected chi connectivity index (χ0v) is 13.4. The number of hydrogen-bond donors (Lipinski definition) is 2. The number of amides is 1. The lowest BCUT2D eigenvalue weighted by atomic mass is 10.1. The minimum Gasteiger partial charge on any atom is -0.478 e. The molecule has 2 aromatic rings. The fourth-order valence-corrected chi connectivity index (χ4v) is 2.95. The van der Waals surface area contributed by atoms with E-state index in [1.54, 1.807) is 36.4 Å². The van der Waals surface area contributed by atoms with Crippen molar-refractivity contribution in [2.75, 3.05) is 23.3 Å². The molecule has 24 heavy (non-hydrogen) atoms. The fraction of sp³-hybridized carbons (Fsp3) is 0.263. The monoisotopic (exact) mass is 324 g/mol. The van der Waals surface area contributed by atoms with E-state index in [0.29, 0.717) is 11.3 Å². The molecule has 1 aliphatic rings. The smallest absolute Gasteiger partial charge is 0.337 e. The van der Waals surface area contributed by atoms with Crippen LogP contribution in [0, 0.1) is 0 Å². The van der Waals surface area contributed by atoms with Crippen LogP contribution in [-0.4, -0.2) is 30.1 Å². The van der Waals surface area contributed by atoms with Crippen LogP contribution >= 0.6 is 0 Å². The van der Waals surface area contributed by atoms with Crippen molar-refractivity contribution in [2.24, 2.45) is 0 Å². The number of carboxylic acids is 1. The lowest BCUT2D eigenvalue weighted by Crippen LogP contribution is -2.29. The van der Waals surface area contributed by atoms with E-state index in [0.717, 1.165) is 31.6 Å². The maximum absolute atomic E-state index is 12.3. The van der Waals surface area contributed by atoms with Crippen LogP contribution < -0.4 is 10.2 Å². The molecule has 1 amide bonds. The zero-order chi connectivity index (χ0) is 16.9. The predicted octanol–water partition coefficient (Wildman–Crippen LogP) is 3.63. The number of nitrogens with zero attached hydrogens (tertiary/aromatic N) is 1. The second-order valence-corrected chi connectivity index (χ2v) is 5.90. The van der Waals surface area contributed by atoms with Gasteiger partial charge in [-0.1, -0.05) is 18.2 Å². The molecule has 5 heteroatoms. The maximum Gasteiger partial charge on any atom is 0.337 e. The van der Waals surface area contributed by atoms with Crippen molar-refractivity contribution in [1.82, 2.24) is 0 Å². The van der Waals surface area contributed by atoms with Gasteiger partial charge in [0, 0.05) is 24.3 Å². The van der Waals surface area contributed by atoms with E-state index >= 15 is 0 Å². The normalized spacial score (nSPS) is 14.2. The number of piperidine rings is 1.